The summed E-state index contributed by atoms with van der Waals surface area (Å²) >= 11 is 0. The lowest BCUT2D eigenvalue weighted by Crippen LogP contribution is -2.36. The molecule has 1 amide bonds. The molecule has 2 aliphatic rings. The van der Waals surface area contributed by atoms with Crippen LogP contribution < -0.4 is 10.1 Å². The number of oxazole rings is 1. The van der Waals surface area contributed by atoms with Gasteiger partial charge in [-0.3, -0.25) is 4.79 Å². The summed E-state index contributed by atoms with van der Waals surface area (Å²) in [7, 11) is 1.58. The fourth-order valence-corrected chi connectivity index (χ4v) is 3.51. The van der Waals surface area contributed by atoms with E-state index in [1.54, 1.807) is 30.2 Å². The molecule has 1 N–H and O–H groups in total. The number of carbonyl (C=O) groups excluding carboxylic acids is 1. The molecule has 9 heteroatoms. The molecule has 1 unspecified atom stereocenters. The lowest BCUT2D eigenvalue weighted by atomic mass is 10.1. The zero-order valence-electron chi connectivity index (χ0n) is 16.5. The van der Waals surface area contributed by atoms with E-state index in [0.717, 1.165) is 12.8 Å². The van der Waals surface area contributed by atoms with Crippen molar-refractivity contribution in [3.8, 4) is 29.3 Å². The minimum atomic E-state index is -0.455. The van der Waals surface area contributed by atoms with Crippen molar-refractivity contribution in [3.05, 3.63) is 35.9 Å². The van der Waals surface area contributed by atoms with Crippen LogP contribution in [0.1, 0.15) is 35.5 Å². The fraction of sp³-hybridized carbons (Fsp3) is 0.429. The van der Waals surface area contributed by atoms with Gasteiger partial charge in [0.1, 0.15) is 5.75 Å². The lowest BCUT2D eigenvalue weighted by molar-refractivity contribution is 0.0904. The van der Waals surface area contributed by atoms with E-state index < -0.39 is 5.91 Å². The molecule has 2 heterocycles. The Kier molecular flexibility index (Phi) is 5.55. The summed E-state index contributed by atoms with van der Waals surface area (Å²) in [5, 5.41) is 21.3. The molecule has 154 valence electrons. The Morgan fingerprint density at radius 3 is 2.93 bits per heavy atom. The molecule has 1 saturated carbocycles. The number of likely N-dealkylation sites (tertiary alicyclic amines) is 1. The molecule has 1 aromatic heterocycles. The molecular weight excluding hydrogens is 386 g/mol. The SMILES string of the molecule is COCC1C[C@@H](NC(=O)c2ncc(-c3cc(C#N)ccc3OC3CC3)o2)CN1C#N. The molecule has 1 aliphatic carbocycles. The predicted octanol–water partition coefficient (Wildman–Crippen LogP) is 2.05. The number of aromatic nitrogens is 1. The zero-order chi connectivity index (χ0) is 21.1. The summed E-state index contributed by atoms with van der Waals surface area (Å²) in [6.45, 7) is 0.829. The quantitative estimate of drug-likeness (QED) is 0.692. The third kappa shape index (κ3) is 4.22. The predicted molar refractivity (Wildman–Crippen MR) is 104 cm³/mol. The number of methoxy groups -OCH3 is 1. The number of benzene rings is 1. The highest BCUT2D eigenvalue weighted by Crippen LogP contribution is 2.36. The molecular formula is C21H21N5O4. The molecule has 0 spiro atoms. The van der Waals surface area contributed by atoms with Gasteiger partial charge in [-0.2, -0.15) is 10.5 Å². The first kappa shape index (κ1) is 19.7. The number of rotatable bonds is 7. The van der Waals surface area contributed by atoms with E-state index in [-0.39, 0.29) is 24.1 Å². The monoisotopic (exact) mass is 407 g/mol. The van der Waals surface area contributed by atoms with Crippen molar-refractivity contribution >= 4 is 5.91 Å². The molecule has 0 radical (unpaired) electrons. The van der Waals surface area contributed by atoms with Crippen LogP contribution in [0.2, 0.25) is 0 Å². The van der Waals surface area contributed by atoms with Gasteiger partial charge in [0.2, 0.25) is 0 Å². The van der Waals surface area contributed by atoms with Crippen molar-refractivity contribution in [2.45, 2.75) is 37.5 Å². The molecule has 2 atom stereocenters. The first-order valence-electron chi connectivity index (χ1n) is 9.74. The summed E-state index contributed by atoms with van der Waals surface area (Å²) in [5.41, 5.74) is 1.05. The molecule has 1 saturated heterocycles. The van der Waals surface area contributed by atoms with Crippen LogP contribution in [0.4, 0.5) is 0 Å². The van der Waals surface area contributed by atoms with Gasteiger partial charge in [0.05, 0.1) is 42.1 Å². The largest absolute Gasteiger partial charge is 0.490 e. The van der Waals surface area contributed by atoms with Crippen LogP contribution in [-0.2, 0) is 4.74 Å². The summed E-state index contributed by atoms with van der Waals surface area (Å²) in [4.78, 5) is 18.3. The summed E-state index contributed by atoms with van der Waals surface area (Å²) in [6.07, 6.45) is 6.35. The van der Waals surface area contributed by atoms with Gasteiger partial charge in [0.15, 0.2) is 12.0 Å². The minimum absolute atomic E-state index is 0.0683. The fourth-order valence-electron chi connectivity index (χ4n) is 3.51. The van der Waals surface area contributed by atoms with Crippen molar-refractivity contribution in [1.29, 1.82) is 10.5 Å². The lowest BCUT2D eigenvalue weighted by Gasteiger charge is -2.15. The van der Waals surface area contributed by atoms with E-state index in [1.807, 2.05) is 0 Å². The Morgan fingerprint density at radius 1 is 1.40 bits per heavy atom. The number of nitriles is 2. The molecule has 2 fully saturated rings. The summed E-state index contributed by atoms with van der Waals surface area (Å²) < 4.78 is 16.7. The smallest absolute Gasteiger partial charge is 0.307 e. The van der Waals surface area contributed by atoms with Crippen molar-refractivity contribution in [1.82, 2.24) is 15.2 Å². The highest BCUT2D eigenvalue weighted by molar-refractivity contribution is 5.90. The first-order chi connectivity index (χ1) is 14.6. The summed E-state index contributed by atoms with van der Waals surface area (Å²) in [6, 6.07) is 6.91. The van der Waals surface area contributed by atoms with Crippen LogP contribution in [0.15, 0.2) is 28.8 Å². The van der Waals surface area contributed by atoms with Gasteiger partial charge in [-0.25, -0.2) is 4.98 Å². The molecule has 1 aromatic carbocycles. The molecule has 30 heavy (non-hydrogen) atoms. The van der Waals surface area contributed by atoms with Crippen LogP contribution in [0.3, 0.4) is 0 Å². The Balaban J connectivity index is 1.49. The van der Waals surface area contributed by atoms with Crippen LogP contribution in [-0.4, -0.2) is 54.2 Å². The van der Waals surface area contributed by atoms with E-state index in [2.05, 4.69) is 22.6 Å². The second-order valence-corrected chi connectivity index (χ2v) is 7.44. The number of nitrogens with one attached hydrogen (secondary N) is 1. The van der Waals surface area contributed by atoms with E-state index >= 15 is 0 Å². The van der Waals surface area contributed by atoms with E-state index in [4.69, 9.17) is 13.9 Å². The average molecular weight is 407 g/mol. The third-order valence-corrected chi connectivity index (χ3v) is 5.13. The summed E-state index contributed by atoms with van der Waals surface area (Å²) in [5.74, 6) is 0.421. The maximum atomic E-state index is 12.6. The van der Waals surface area contributed by atoms with E-state index in [0.29, 0.717) is 42.2 Å². The standard InChI is InChI=1S/C21H21N5O4/c1-28-11-15-7-14(10-26(15)12-23)25-20(27)21-24-9-19(30-21)17-6-13(8-22)2-5-18(17)29-16-3-4-16/h2,5-6,9,14-16H,3-4,7,10-11H2,1H3,(H,25,27)/t14-,15?/m1/s1. The zero-order valence-corrected chi connectivity index (χ0v) is 16.5. The van der Waals surface area contributed by atoms with Gasteiger partial charge in [-0.1, -0.05) is 0 Å². The van der Waals surface area contributed by atoms with Crippen molar-refractivity contribution < 1.29 is 18.7 Å². The van der Waals surface area contributed by atoms with Crippen molar-refractivity contribution in [3.63, 3.8) is 0 Å². The van der Waals surface area contributed by atoms with Gasteiger partial charge >= 0.3 is 5.91 Å². The minimum Gasteiger partial charge on any atom is -0.490 e. The number of amides is 1. The van der Waals surface area contributed by atoms with E-state index in [1.165, 1.54) is 6.20 Å². The van der Waals surface area contributed by atoms with Gasteiger partial charge in [-0.15, -0.1) is 0 Å². The Bertz CT molecular complexity index is 1020. The Labute approximate surface area is 173 Å². The van der Waals surface area contributed by atoms with Gasteiger partial charge in [0, 0.05) is 19.7 Å². The van der Waals surface area contributed by atoms with Gasteiger partial charge < -0.3 is 24.1 Å². The topological polar surface area (TPSA) is 124 Å². The number of ether oxygens (including phenoxy) is 2. The van der Waals surface area contributed by atoms with E-state index in [9.17, 15) is 15.3 Å². The first-order valence-corrected chi connectivity index (χ1v) is 9.74. The van der Waals surface area contributed by atoms with Gasteiger partial charge in [0.25, 0.3) is 5.89 Å². The number of hydrogen-bond acceptors (Lipinski definition) is 8. The normalized spacial score (nSPS) is 20.4. The molecule has 0 bridgehead atoms. The van der Waals surface area contributed by atoms with Crippen LogP contribution in [0.25, 0.3) is 11.3 Å². The molecule has 2 aromatic rings. The number of carbonyl (C=O) groups is 1. The maximum Gasteiger partial charge on any atom is 0.307 e. The number of nitrogens with zero attached hydrogens (tertiary/aromatic N) is 4. The van der Waals surface area contributed by atoms with Crippen LogP contribution >= 0.6 is 0 Å². The van der Waals surface area contributed by atoms with Crippen molar-refractivity contribution in [2.75, 3.05) is 20.3 Å². The van der Waals surface area contributed by atoms with Crippen LogP contribution in [0.5, 0.6) is 5.75 Å². The average Bonchev–Trinajstić information content (AvgIpc) is 3.28. The molecule has 9 nitrogen and oxygen atoms in total. The highest BCUT2D eigenvalue weighted by atomic mass is 16.5. The van der Waals surface area contributed by atoms with Crippen LogP contribution in [0, 0.1) is 22.8 Å². The Morgan fingerprint density at radius 2 is 2.23 bits per heavy atom. The van der Waals surface area contributed by atoms with Crippen molar-refractivity contribution in [2.24, 2.45) is 0 Å². The number of hydrogen-bond donors (Lipinski definition) is 1. The Hall–Kier alpha value is -3.56. The third-order valence-electron chi connectivity index (χ3n) is 5.13. The maximum absolute atomic E-state index is 12.6. The molecule has 4 rings (SSSR count). The highest BCUT2D eigenvalue weighted by Gasteiger charge is 2.33. The molecule has 1 aliphatic heterocycles. The second kappa shape index (κ2) is 8.44. The van der Waals surface area contributed by atoms with Gasteiger partial charge in [-0.05, 0) is 37.5 Å². The second-order valence-electron chi connectivity index (χ2n) is 7.44.